The first-order valence-corrected chi connectivity index (χ1v) is 6.49. The fourth-order valence-electron chi connectivity index (χ4n) is 2.02. The lowest BCUT2D eigenvalue weighted by atomic mass is 10.1. The van der Waals surface area contributed by atoms with E-state index in [0.29, 0.717) is 22.0 Å². The van der Waals surface area contributed by atoms with E-state index in [1.165, 1.54) is 0 Å². The van der Waals surface area contributed by atoms with Crippen LogP contribution in [-0.4, -0.2) is 15.7 Å². The number of rotatable bonds is 3. The van der Waals surface area contributed by atoms with E-state index in [9.17, 15) is 4.79 Å². The third-order valence-corrected chi connectivity index (χ3v) is 3.60. The summed E-state index contributed by atoms with van der Waals surface area (Å²) in [6.07, 6.45) is 0. The van der Waals surface area contributed by atoms with Gasteiger partial charge in [-0.2, -0.15) is 5.10 Å². The van der Waals surface area contributed by atoms with Crippen LogP contribution in [0.15, 0.2) is 18.2 Å². The van der Waals surface area contributed by atoms with Crippen LogP contribution < -0.4 is 5.73 Å². The van der Waals surface area contributed by atoms with Crippen LogP contribution in [0, 0.1) is 13.8 Å². The molecule has 2 rings (SSSR count). The summed E-state index contributed by atoms with van der Waals surface area (Å²) in [6.45, 7) is 3.71. The number of aryl methyl sites for hydroxylation is 3. The molecule has 0 spiro atoms. The maximum absolute atomic E-state index is 12.1. The Labute approximate surface area is 122 Å². The highest BCUT2D eigenvalue weighted by atomic mass is 35.5. The van der Waals surface area contributed by atoms with E-state index in [1.807, 2.05) is 19.9 Å². The number of carbonyl (C=O) groups is 1. The van der Waals surface area contributed by atoms with E-state index in [0.717, 1.165) is 11.3 Å². The van der Waals surface area contributed by atoms with E-state index in [2.05, 4.69) is 5.10 Å². The van der Waals surface area contributed by atoms with Gasteiger partial charge < -0.3 is 10.5 Å². The molecule has 1 aromatic carbocycles. The normalized spacial score (nSPS) is 10.6. The first-order valence-electron chi connectivity index (χ1n) is 6.12. The summed E-state index contributed by atoms with van der Waals surface area (Å²) in [6, 6.07) is 5.28. The van der Waals surface area contributed by atoms with Crippen molar-refractivity contribution in [3.8, 4) is 0 Å². The fraction of sp³-hybridized carbons (Fsp3) is 0.286. The Bertz CT molecular complexity index is 644. The van der Waals surface area contributed by atoms with E-state index in [1.54, 1.807) is 23.9 Å². The average molecular weight is 294 g/mol. The monoisotopic (exact) mass is 293 g/mol. The molecule has 6 heteroatoms. The van der Waals surface area contributed by atoms with Crippen molar-refractivity contribution in [2.45, 2.75) is 20.5 Å². The molecule has 2 N–H and O–H groups in total. The molecule has 0 saturated carbocycles. The highest BCUT2D eigenvalue weighted by Crippen LogP contribution is 2.22. The Balaban J connectivity index is 2.17. The lowest BCUT2D eigenvalue weighted by Crippen LogP contribution is -2.10. The van der Waals surface area contributed by atoms with Crippen molar-refractivity contribution < 1.29 is 9.53 Å². The number of ether oxygens (including phenoxy) is 1. The number of nitrogen functional groups attached to an aromatic ring is 1. The number of aromatic nitrogens is 2. The summed E-state index contributed by atoms with van der Waals surface area (Å²) in [5.41, 5.74) is 8.84. The maximum Gasteiger partial charge on any atom is 0.340 e. The third kappa shape index (κ3) is 2.63. The number of hydrogen-bond donors (Lipinski definition) is 1. The largest absolute Gasteiger partial charge is 0.457 e. The molecule has 0 saturated heterocycles. The molecule has 0 radical (unpaired) electrons. The number of benzene rings is 1. The predicted octanol–water partition coefficient (Wildman–Crippen LogP) is 2.63. The molecule has 0 aliphatic heterocycles. The zero-order valence-corrected chi connectivity index (χ0v) is 12.4. The summed E-state index contributed by atoms with van der Waals surface area (Å²) in [5.74, 6) is -0.458. The topological polar surface area (TPSA) is 70.1 Å². The Morgan fingerprint density at radius 1 is 1.45 bits per heavy atom. The molecule has 5 nitrogen and oxygen atoms in total. The molecule has 0 aliphatic rings. The molecular formula is C14H16ClN3O2. The van der Waals surface area contributed by atoms with Gasteiger partial charge in [-0.25, -0.2) is 4.79 Å². The molecule has 0 amide bonds. The van der Waals surface area contributed by atoms with Crippen molar-refractivity contribution in [1.29, 1.82) is 0 Å². The summed E-state index contributed by atoms with van der Waals surface area (Å²) >= 11 is 6.09. The van der Waals surface area contributed by atoms with Crippen molar-refractivity contribution in [3.63, 3.8) is 0 Å². The molecule has 0 unspecified atom stereocenters. The van der Waals surface area contributed by atoms with Gasteiger partial charge in [-0.05, 0) is 25.5 Å². The molecule has 1 aromatic heterocycles. The number of halogens is 1. The van der Waals surface area contributed by atoms with Crippen molar-refractivity contribution >= 4 is 23.3 Å². The number of nitrogens with zero attached hydrogens (tertiary/aromatic N) is 2. The van der Waals surface area contributed by atoms with Crippen LogP contribution in [-0.2, 0) is 18.4 Å². The summed E-state index contributed by atoms with van der Waals surface area (Å²) in [7, 11) is 1.74. The fourth-order valence-corrected chi connectivity index (χ4v) is 2.25. The predicted molar refractivity (Wildman–Crippen MR) is 77.7 cm³/mol. The van der Waals surface area contributed by atoms with Crippen molar-refractivity contribution in [1.82, 2.24) is 9.78 Å². The highest BCUT2D eigenvalue weighted by molar-refractivity contribution is 6.30. The zero-order valence-electron chi connectivity index (χ0n) is 11.6. The molecule has 106 valence electrons. The van der Waals surface area contributed by atoms with Gasteiger partial charge in [0.15, 0.2) is 0 Å². The second-order valence-corrected chi connectivity index (χ2v) is 4.95. The van der Waals surface area contributed by atoms with Crippen LogP contribution in [0.25, 0.3) is 0 Å². The van der Waals surface area contributed by atoms with Crippen LogP contribution in [0.5, 0.6) is 0 Å². The van der Waals surface area contributed by atoms with E-state index in [-0.39, 0.29) is 6.61 Å². The minimum absolute atomic E-state index is 0.0745. The number of anilines is 1. The quantitative estimate of drug-likeness (QED) is 0.697. The lowest BCUT2D eigenvalue weighted by molar-refractivity contribution is 0.0472. The van der Waals surface area contributed by atoms with Crippen molar-refractivity contribution in [3.05, 3.63) is 45.7 Å². The second-order valence-electron chi connectivity index (χ2n) is 4.59. The van der Waals surface area contributed by atoms with Crippen LogP contribution in [0.2, 0.25) is 5.15 Å². The molecule has 2 aromatic rings. The lowest BCUT2D eigenvalue weighted by Gasteiger charge is -2.09. The maximum atomic E-state index is 12.1. The van der Waals surface area contributed by atoms with Crippen molar-refractivity contribution in [2.24, 2.45) is 7.05 Å². The highest BCUT2D eigenvalue weighted by Gasteiger charge is 2.17. The van der Waals surface area contributed by atoms with Gasteiger partial charge in [0.2, 0.25) is 0 Å². The van der Waals surface area contributed by atoms with E-state index < -0.39 is 5.97 Å². The molecule has 20 heavy (non-hydrogen) atoms. The Hall–Kier alpha value is -2.01. The van der Waals surface area contributed by atoms with Gasteiger partial charge in [-0.3, -0.25) is 4.68 Å². The first-order chi connectivity index (χ1) is 9.41. The van der Waals surface area contributed by atoms with Crippen molar-refractivity contribution in [2.75, 3.05) is 5.73 Å². The summed E-state index contributed by atoms with van der Waals surface area (Å²) in [5, 5.41) is 4.63. The number of nitrogens with two attached hydrogens (primary N) is 1. The zero-order chi connectivity index (χ0) is 14.9. The molecule has 0 aliphatic carbocycles. The average Bonchev–Trinajstić information content (AvgIpc) is 2.61. The molecule has 0 fully saturated rings. The molecule has 0 atom stereocenters. The van der Waals surface area contributed by atoms with E-state index >= 15 is 0 Å². The summed E-state index contributed by atoms with van der Waals surface area (Å²) < 4.78 is 6.84. The molecular weight excluding hydrogens is 278 g/mol. The minimum atomic E-state index is -0.458. The van der Waals surface area contributed by atoms with Gasteiger partial charge in [0, 0.05) is 18.3 Å². The minimum Gasteiger partial charge on any atom is -0.457 e. The van der Waals surface area contributed by atoms with Gasteiger partial charge >= 0.3 is 5.97 Å². The SMILES string of the molecule is Cc1cccc(N)c1C(=O)OCc1c(C)nn(C)c1Cl. The van der Waals surface area contributed by atoms with Crippen LogP contribution in [0.4, 0.5) is 5.69 Å². The van der Waals surface area contributed by atoms with Gasteiger partial charge in [0.25, 0.3) is 0 Å². The number of esters is 1. The first kappa shape index (κ1) is 14.4. The van der Waals surface area contributed by atoms with Gasteiger partial charge in [0.05, 0.1) is 11.3 Å². The van der Waals surface area contributed by atoms with E-state index in [4.69, 9.17) is 22.1 Å². The molecule has 1 heterocycles. The Morgan fingerprint density at radius 2 is 2.15 bits per heavy atom. The second kappa shape index (κ2) is 5.54. The van der Waals surface area contributed by atoms with Crippen LogP contribution >= 0.6 is 11.6 Å². The number of hydrogen-bond acceptors (Lipinski definition) is 4. The smallest absolute Gasteiger partial charge is 0.340 e. The molecule has 0 bridgehead atoms. The standard InChI is InChI=1S/C14H16ClN3O2/c1-8-5-4-6-11(16)12(8)14(19)20-7-10-9(2)17-18(3)13(10)15/h4-6H,7,16H2,1-3H3. The summed E-state index contributed by atoms with van der Waals surface area (Å²) in [4.78, 5) is 12.1. The van der Waals surface area contributed by atoms with Crippen LogP contribution in [0.3, 0.4) is 0 Å². The van der Waals surface area contributed by atoms with Gasteiger partial charge in [-0.15, -0.1) is 0 Å². The van der Waals surface area contributed by atoms with Gasteiger partial charge in [-0.1, -0.05) is 23.7 Å². The third-order valence-electron chi connectivity index (χ3n) is 3.13. The van der Waals surface area contributed by atoms with Crippen LogP contribution in [0.1, 0.15) is 27.2 Å². The number of carbonyl (C=O) groups excluding carboxylic acids is 1. The van der Waals surface area contributed by atoms with Gasteiger partial charge in [0.1, 0.15) is 11.8 Å². The Morgan fingerprint density at radius 3 is 2.70 bits per heavy atom. The Kier molecular flexibility index (Phi) is 3.99.